The van der Waals surface area contributed by atoms with Gasteiger partial charge in [0.15, 0.2) is 0 Å². The van der Waals surface area contributed by atoms with E-state index in [0.29, 0.717) is 30.3 Å². The van der Waals surface area contributed by atoms with Crippen LogP contribution in [0.1, 0.15) is 95.3 Å². The number of ether oxygens (including phenoxy) is 1. The lowest BCUT2D eigenvalue weighted by Gasteiger charge is -2.27. The molecule has 1 atom stereocenters. The molecule has 2 aliphatic heterocycles. The Bertz CT molecular complexity index is 1660. The highest BCUT2D eigenvalue weighted by Gasteiger charge is 2.46. The SMILES string of the molecule is CN(CCCCCCCCCCOc1cccc2c1C(=O)N(C1CCC(=O)NC1=O)C2=O)CCn1cc(-c2cc(C(=O)O)ccn2)nn1. The van der Waals surface area contributed by atoms with Gasteiger partial charge in [0.05, 0.1) is 41.7 Å². The molecule has 2 aromatic heterocycles. The number of fused-ring (bicyclic) bond motifs is 1. The van der Waals surface area contributed by atoms with Crippen LogP contribution in [0.2, 0.25) is 0 Å². The summed E-state index contributed by atoms with van der Waals surface area (Å²) in [7, 11) is 2.09. The summed E-state index contributed by atoms with van der Waals surface area (Å²) in [5, 5.41) is 19.7. The molecule has 4 heterocycles. The van der Waals surface area contributed by atoms with Gasteiger partial charge in [0.2, 0.25) is 11.8 Å². The van der Waals surface area contributed by atoms with Crippen LogP contribution in [0, 0.1) is 0 Å². The van der Waals surface area contributed by atoms with E-state index >= 15 is 0 Å². The molecule has 14 heteroatoms. The first-order chi connectivity index (χ1) is 23.2. The van der Waals surface area contributed by atoms with Crippen LogP contribution in [-0.2, 0) is 16.1 Å². The number of aromatic nitrogens is 4. The fourth-order valence-corrected chi connectivity index (χ4v) is 5.94. The van der Waals surface area contributed by atoms with Gasteiger partial charge in [0.25, 0.3) is 11.8 Å². The molecule has 5 rings (SSSR count). The van der Waals surface area contributed by atoms with Crippen LogP contribution in [0.4, 0.5) is 0 Å². The number of piperidine rings is 1. The lowest BCUT2D eigenvalue weighted by atomic mass is 10.0. The standard InChI is InChI=1S/C34H41N7O7/c1-39(18-19-40-22-26(37-38-40)25-21-23(34(46)47)15-16-35-25)17-8-6-4-2-3-5-7-9-20-48-28-12-10-11-24-30(28)33(45)41(32(24)44)27-13-14-29(42)36-31(27)43/h10-12,15-16,21-22,27H,2-9,13-14,17-20H2,1H3,(H,46,47)(H,36,42,43). The molecule has 1 saturated heterocycles. The minimum atomic E-state index is -1.01. The topological polar surface area (TPSA) is 177 Å². The third-order valence-electron chi connectivity index (χ3n) is 8.64. The van der Waals surface area contributed by atoms with Crippen LogP contribution in [0.25, 0.3) is 11.4 Å². The molecule has 4 amide bonds. The average Bonchev–Trinajstić information content (AvgIpc) is 3.65. The third-order valence-corrected chi connectivity index (χ3v) is 8.64. The van der Waals surface area contributed by atoms with Crippen molar-refractivity contribution in [2.24, 2.45) is 0 Å². The third kappa shape index (κ3) is 8.48. The molecule has 0 radical (unpaired) electrons. The quantitative estimate of drug-likeness (QED) is 0.151. The summed E-state index contributed by atoms with van der Waals surface area (Å²) < 4.78 is 7.67. The van der Waals surface area contributed by atoms with Gasteiger partial charge in [-0.2, -0.15) is 0 Å². The fourth-order valence-electron chi connectivity index (χ4n) is 5.94. The molecule has 3 aromatic rings. The molecule has 1 unspecified atom stereocenters. The Hall–Kier alpha value is -4.98. The summed E-state index contributed by atoms with van der Waals surface area (Å²) in [6, 6.07) is 6.84. The van der Waals surface area contributed by atoms with E-state index in [2.05, 4.69) is 32.6 Å². The van der Waals surface area contributed by atoms with E-state index in [1.165, 1.54) is 31.2 Å². The molecule has 0 aliphatic carbocycles. The Balaban J connectivity index is 0.914. The molecule has 254 valence electrons. The van der Waals surface area contributed by atoms with Crippen molar-refractivity contribution in [1.29, 1.82) is 0 Å². The van der Waals surface area contributed by atoms with Crippen LogP contribution in [0.5, 0.6) is 5.75 Å². The number of nitrogens with one attached hydrogen (secondary N) is 1. The maximum absolute atomic E-state index is 13.2. The zero-order chi connectivity index (χ0) is 34.0. The van der Waals surface area contributed by atoms with Gasteiger partial charge in [0, 0.05) is 19.2 Å². The Labute approximate surface area is 278 Å². The first-order valence-corrected chi connectivity index (χ1v) is 16.5. The van der Waals surface area contributed by atoms with Crippen molar-refractivity contribution in [3.8, 4) is 17.1 Å². The van der Waals surface area contributed by atoms with Crippen LogP contribution in [-0.4, -0.2) is 97.3 Å². The van der Waals surface area contributed by atoms with Gasteiger partial charge < -0.3 is 14.7 Å². The van der Waals surface area contributed by atoms with E-state index in [1.807, 2.05) is 0 Å². The van der Waals surface area contributed by atoms with Crippen molar-refractivity contribution in [3.63, 3.8) is 0 Å². The number of benzene rings is 1. The number of hydrogen-bond acceptors (Lipinski definition) is 10. The number of likely N-dealkylation sites (N-methyl/N-ethyl adjacent to an activating group) is 1. The van der Waals surface area contributed by atoms with Gasteiger partial charge in [-0.3, -0.25) is 39.1 Å². The monoisotopic (exact) mass is 659 g/mol. The molecule has 0 saturated carbocycles. The first-order valence-electron chi connectivity index (χ1n) is 16.5. The molecular formula is C34H41N7O7. The molecule has 2 N–H and O–H groups in total. The second kappa shape index (κ2) is 16.2. The van der Waals surface area contributed by atoms with Crippen LogP contribution >= 0.6 is 0 Å². The van der Waals surface area contributed by atoms with Crippen LogP contribution < -0.4 is 10.1 Å². The second-order valence-electron chi connectivity index (χ2n) is 12.2. The van der Waals surface area contributed by atoms with Crippen LogP contribution in [0.3, 0.4) is 0 Å². The van der Waals surface area contributed by atoms with Crippen molar-refractivity contribution < 1.29 is 33.8 Å². The number of pyridine rings is 1. The van der Waals surface area contributed by atoms with Gasteiger partial charge in [-0.05, 0) is 57.1 Å². The Morgan fingerprint density at radius 2 is 1.73 bits per heavy atom. The molecule has 48 heavy (non-hydrogen) atoms. The van der Waals surface area contributed by atoms with E-state index < -0.39 is 35.6 Å². The zero-order valence-corrected chi connectivity index (χ0v) is 27.1. The average molecular weight is 660 g/mol. The molecular weight excluding hydrogens is 618 g/mol. The summed E-state index contributed by atoms with van der Waals surface area (Å²) >= 11 is 0. The normalized spacial score (nSPS) is 16.0. The lowest BCUT2D eigenvalue weighted by molar-refractivity contribution is -0.136. The number of carboxylic acid groups (broad SMARTS) is 1. The predicted octanol–water partition coefficient (Wildman–Crippen LogP) is 3.57. The highest BCUT2D eigenvalue weighted by atomic mass is 16.5. The van der Waals surface area contributed by atoms with Crippen molar-refractivity contribution in [2.45, 2.75) is 76.8 Å². The second-order valence-corrected chi connectivity index (χ2v) is 12.2. The summed E-state index contributed by atoms with van der Waals surface area (Å²) in [5.74, 6) is -2.80. The predicted molar refractivity (Wildman–Crippen MR) is 173 cm³/mol. The van der Waals surface area contributed by atoms with Gasteiger partial charge in [-0.25, -0.2) is 4.79 Å². The Morgan fingerprint density at radius 1 is 0.979 bits per heavy atom. The first kappa shape index (κ1) is 34.4. The number of rotatable bonds is 18. The zero-order valence-electron chi connectivity index (χ0n) is 27.1. The largest absolute Gasteiger partial charge is 0.493 e. The highest BCUT2D eigenvalue weighted by molar-refractivity contribution is 6.24. The Kier molecular flexibility index (Phi) is 11.6. The minimum Gasteiger partial charge on any atom is -0.493 e. The van der Waals surface area contributed by atoms with Gasteiger partial charge in [-0.1, -0.05) is 49.8 Å². The smallest absolute Gasteiger partial charge is 0.335 e. The van der Waals surface area contributed by atoms with Gasteiger partial charge in [-0.15, -0.1) is 5.10 Å². The van der Waals surface area contributed by atoms with Crippen LogP contribution in [0.15, 0.2) is 42.7 Å². The van der Waals surface area contributed by atoms with E-state index in [1.54, 1.807) is 29.1 Å². The van der Waals surface area contributed by atoms with Crippen molar-refractivity contribution in [2.75, 3.05) is 26.7 Å². The Morgan fingerprint density at radius 3 is 2.48 bits per heavy atom. The van der Waals surface area contributed by atoms with E-state index in [9.17, 15) is 29.1 Å². The molecule has 1 fully saturated rings. The van der Waals surface area contributed by atoms with E-state index in [4.69, 9.17) is 4.74 Å². The number of aromatic carboxylic acids is 1. The van der Waals surface area contributed by atoms with Crippen molar-refractivity contribution in [1.82, 2.24) is 35.1 Å². The number of carbonyl (C=O) groups is 5. The van der Waals surface area contributed by atoms with E-state index in [0.717, 1.165) is 56.5 Å². The molecule has 0 spiro atoms. The number of carboxylic acids is 1. The minimum absolute atomic E-state index is 0.0771. The molecule has 1 aromatic carbocycles. The maximum atomic E-state index is 13.2. The van der Waals surface area contributed by atoms with Gasteiger partial charge >= 0.3 is 5.97 Å². The van der Waals surface area contributed by atoms with Gasteiger partial charge in [0.1, 0.15) is 17.5 Å². The summed E-state index contributed by atoms with van der Waals surface area (Å²) in [5.41, 5.74) is 1.59. The molecule has 14 nitrogen and oxygen atoms in total. The van der Waals surface area contributed by atoms with E-state index in [-0.39, 0.29) is 29.5 Å². The van der Waals surface area contributed by atoms with Crippen molar-refractivity contribution >= 4 is 29.6 Å². The van der Waals surface area contributed by atoms with Crippen molar-refractivity contribution in [3.05, 3.63) is 59.4 Å². The lowest BCUT2D eigenvalue weighted by Crippen LogP contribution is -2.54. The number of hydrogen-bond donors (Lipinski definition) is 2. The number of nitrogens with zero attached hydrogens (tertiary/aromatic N) is 6. The maximum Gasteiger partial charge on any atom is 0.335 e. The summed E-state index contributed by atoms with van der Waals surface area (Å²) in [6.07, 6.45) is 12.1. The number of amides is 4. The number of unbranched alkanes of at least 4 members (excludes halogenated alkanes) is 7. The molecule has 0 bridgehead atoms. The number of imide groups is 2. The number of carbonyl (C=O) groups excluding carboxylic acids is 4. The fraction of sp³-hybridized carbons (Fsp3) is 0.471. The highest BCUT2D eigenvalue weighted by Crippen LogP contribution is 2.33. The molecule has 2 aliphatic rings. The summed E-state index contributed by atoms with van der Waals surface area (Å²) in [4.78, 5) is 68.6. The summed E-state index contributed by atoms with van der Waals surface area (Å²) in [6.45, 7) is 2.91.